The molecule has 0 saturated heterocycles. The zero-order valence-electron chi connectivity index (χ0n) is 12.6. The lowest BCUT2D eigenvalue weighted by Gasteiger charge is -2.29. The van der Waals surface area contributed by atoms with E-state index in [4.69, 9.17) is 0 Å². The van der Waals surface area contributed by atoms with Gasteiger partial charge in [0.15, 0.2) is 11.6 Å². The summed E-state index contributed by atoms with van der Waals surface area (Å²) in [4.78, 5) is 27.5. The SMILES string of the molecule is CN1C2=C(CC3=C1c1ccccc1C3=O)C(=O)c1ccccc12. The first-order valence-corrected chi connectivity index (χ1v) is 7.66. The fraction of sp³-hybridized carbons (Fsp3) is 0.100. The molecular weight excluding hydrogens is 286 g/mol. The Morgan fingerprint density at radius 1 is 0.696 bits per heavy atom. The van der Waals surface area contributed by atoms with Crippen molar-refractivity contribution in [2.24, 2.45) is 0 Å². The van der Waals surface area contributed by atoms with E-state index >= 15 is 0 Å². The lowest BCUT2D eigenvalue weighted by Crippen LogP contribution is -2.21. The first-order chi connectivity index (χ1) is 11.2. The van der Waals surface area contributed by atoms with Crippen LogP contribution in [0.15, 0.2) is 59.7 Å². The van der Waals surface area contributed by atoms with Gasteiger partial charge in [-0.25, -0.2) is 0 Å². The molecule has 0 unspecified atom stereocenters. The van der Waals surface area contributed by atoms with Gasteiger partial charge in [-0.05, 0) is 0 Å². The summed E-state index contributed by atoms with van der Waals surface area (Å²) in [6, 6.07) is 15.4. The zero-order valence-corrected chi connectivity index (χ0v) is 12.6. The second kappa shape index (κ2) is 4.07. The van der Waals surface area contributed by atoms with Crippen LogP contribution in [0.4, 0.5) is 0 Å². The molecule has 110 valence electrons. The van der Waals surface area contributed by atoms with E-state index in [1.165, 1.54) is 0 Å². The van der Waals surface area contributed by atoms with E-state index in [0.717, 1.165) is 44.8 Å². The fourth-order valence-corrected chi connectivity index (χ4v) is 4.02. The molecule has 23 heavy (non-hydrogen) atoms. The van der Waals surface area contributed by atoms with E-state index < -0.39 is 0 Å². The van der Waals surface area contributed by atoms with Crippen LogP contribution in [0, 0.1) is 0 Å². The van der Waals surface area contributed by atoms with E-state index in [-0.39, 0.29) is 11.6 Å². The molecule has 2 aliphatic carbocycles. The van der Waals surface area contributed by atoms with Gasteiger partial charge >= 0.3 is 0 Å². The van der Waals surface area contributed by atoms with Gasteiger partial charge in [-0.3, -0.25) is 9.59 Å². The average Bonchev–Trinajstić information content (AvgIpc) is 3.03. The Kier molecular flexibility index (Phi) is 2.23. The lowest BCUT2D eigenvalue weighted by molar-refractivity contribution is 0.102. The molecule has 3 aliphatic rings. The van der Waals surface area contributed by atoms with Gasteiger partial charge in [-0.1, -0.05) is 48.5 Å². The molecule has 2 aromatic carbocycles. The molecule has 2 aromatic rings. The molecule has 3 nitrogen and oxygen atoms in total. The molecule has 0 radical (unpaired) electrons. The van der Waals surface area contributed by atoms with Gasteiger partial charge in [0.05, 0.1) is 11.4 Å². The Morgan fingerprint density at radius 2 is 1.09 bits per heavy atom. The molecule has 1 aliphatic heterocycles. The number of rotatable bonds is 0. The van der Waals surface area contributed by atoms with Crippen molar-refractivity contribution in [3.63, 3.8) is 0 Å². The molecule has 1 heterocycles. The van der Waals surface area contributed by atoms with E-state index in [9.17, 15) is 9.59 Å². The maximum atomic E-state index is 12.7. The number of hydrogen-bond acceptors (Lipinski definition) is 3. The number of Topliss-reactive ketones (excluding diaryl/α,β-unsaturated/α-hetero) is 2. The van der Waals surface area contributed by atoms with Crippen molar-refractivity contribution in [2.45, 2.75) is 6.42 Å². The third-order valence-corrected chi connectivity index (χ3v) is 5.00. The molecule has 0 atom stereocenters. The third kappa shape index (κ3) is 1.39. The number of fused-ring (bicyclic) bond motifs is 4. The highest BCUT2D eigenvalue weighted by molar-refractivity contribution is 6.27. The van der Waals surface area contributed by atoms with Gasteiger partial charge in [0, 0.05) is 46.9 Å². The summed E-state index contributed by atoms with van der Waals surface area (Å²) in [5.41, 5.74) is 6.82. The molecular formula is C20H13NO2. The Morgan fingerprint density at radius 3 is 1.52 bits per heavy atom. The summed E-state index contributed by atoms with van der Waals surface area (Å²) in [6.07, 6.45) is 0.427. The summed E-state index contributed by atoms with van der Waals surface area (Å²) in [7, 11) is 1.95. The molecule has 0 spiro atoms. The summed E-state index contributed by atoms with van der Waals surface area (Å²) >= 11 is 0. The number of carbonyl (C=O) groups excluding carboxylic acids is 2. The highest BCUT2D eigenvalue weighted by Crippen LogP contribution is 2.49. The van der Waals surface area contributed by atoms with Gasteiger partial charge < -0.3 is 4.90 Å². The first-order valence-electron chi connectivity index (χ1n) is 7.66. The van der Waals surface area contributed by atoms with Gasteiger partial charge in [0.25, 0.3) is 0 Å². The summed E-state index contributed by atoms with van der Waals surface area (Å²) in [6.45, 7) is 0. The quantitative estimate of drug-likeness (QED) is 0.746. The predicted octanol–water partition coefficient (Wildman–Crippen LogP) is 3.54. The van der Waals surface area contributed by atoms with Crippen LogP contribution in [0.3, 0.4) is 0 Å². The minimum absolute atomic E-state index is 0.0535. The van der Waals surface area contributed by atoms with Crippen molar-refractivity contribution >= 4 is 23.0 Å². The minimum Gasteiger partial charge on any atom is -0.343 e. The number of hydrogen-bond donors (Lipinski definition) is 0. The molecule has 0 bridgehead atoms. The molecule has 5 rings (SSSR count). The average molecular weight is 299 g/mol. The largest absolute Gasteiger partial charge is 0.343 e. The van der Waals surface area contributed by atoms with Gasteiger partial charge in [-0.15, -0.1) is 0 Å². The highest BCUT2D eigenvalue weighted by Gasteiger charge is 2.42. The van der Waals surface area contributed by atoms with Crippen molar-refractivity contribution in [3.8, 4) is 0 Å². The second-order valence-corrected chi connectivity index (χ2v) is 6.14. The second-order valence-electron chi connectivity index (χ2n) is 6.14. The van der Waals surface area contributed by atoms with Gasteiger partial charge in [0.1, 0.15) is 0 Å². The van der Waals surface area contributed by atoms with Crippen molar-refractivity contribution in [1.82, 2.24) is 4.90 Å². The molecule has 0 fully saturated rings. The van der Waals surface area contributed by atoms with Crippen LogP contribution in [0.2, 0.25) is 0 Å². The maximum Gasteiger partial charge on any atom is 0.192 e. The van der Waals surface area contributed by atoms with Crippen LogP contribution >= 0.6 is 0 Å². The summed E-state index contributed by atoms with van der Waals surface area (Å²) in [5.74, 6) is 0.107. The van der Waals surface area contributed by atoms with Crippen LogP contribution in [0.5, 0.6) is 0 Å². The molecule has 3 heteroatoms. The Labute approximate surface area is 133 Å². The number of ketones is 2. The van der Waals surface area contributed by atoms with E-state index in [1.807, 2.05) is 60.5 Å². The van der Waals surface area contributed by atoms with Crippen molar-refractivity contribution in [3.05, 3.63) is 81.9 Å². The summed E-state index contributed by atoms with van der Waals surface area (Å²) in [5, 5.41) is 0. The monoisotopic (exact) mass is 299 g/mol. The normalized spacial score (nSPS) is 18.2. The Bertz CT molecular complexity index is 915. The Hall–Kier alpha value is -2.94. The van der Waals surface area contributed by atoms with Crippen LogP contribution in [-0.4, -0.2) is 23.5 Å². The van der Waals surface area contributed by atoms with Crippen molar-refractivity contribution < 1.29 is 9.59 Å². The zero-order chi connectivity index (χ0) is 15.7. The number of carbonyl (C=O) groups is 2. The smallest absolute Gasteiger partial charge is 0.192 e. The maximum absolute atomic E-state index is 12.7. The van der Waals surface area contributed by atoms with Crippen molar-refractivity contribution in [2.75, 3.05) is 7.05 Å². The van der Waals surface area contributed by atoms with E-state index in [0.29, 0.717) is 6.42 Å². The Balaban J connectivity index is 1.74. The predicted molar refractivity (Wildman–Crippen MR) is 87.8 cm³/mol. The van der Waals surface area contributed by atoms with Crippen LogP contribution in [0.1, 0.15) is 38.3 Å². The summed E-state index contributed by atoms with van der Waals surface area (Å²) < 4.78 is 0. The van der Waals surface area contributed by atoms with E-state index in [2.05, 4.69) is 0 Å². The van der Waals surface area contributed by atoms with Gasteiger partial charge in [0.2, 0.25) is 0 Å². The van der Waals surface area contributed by atoms with Crippen LogP contribution in [0.25, 0.3) is 11.4 Å². The molecule has 0 aromatic heterocycles. The minimum atomic E-state index is 0.0535. The van der Waals surface area contributed by atoms with E-state index in [1.54, 1.807) is 0 Å². The third-order valence-electron chi connectivity index (χ3n) is 5.00. The lowest BCUT2D eigenvalue weighted by atomic mass is 9.95. The van der Waals surface area contributed by atoms with Crippen LogP contribution < -0.4 is 0 Å². The van der Waals surface area contributed by atoms with Gasteiger partial charge in [-0.2, -0.15) is 0 Å². The molecule has 0 saturated carbocycles. The molecule has 0 amide bonds. The highest BCUT2D eigenvalue weighted by atomic mass is 16.1. The fourth-order valence-electron chi connectivity index (χ4n) is 4.02. The number of nitrogens with zero attached hydrogens (tertiary/aromatic N) is 1. The topological polar surface area (TPSA) is 37.4 Å². The van der Waals surface area contributed by atoms with Crippen LogP contribution in [-0.2, 0) is 0 Å². The standard InChI is InChI=1S/C20H13NO2/c1-21-17-11-6-2-4-8-13(11)19(22)15(17)10-16-18(21)12-7-3-5-9-14(12)20(16)23/h2-9H,10H2,1H3. The van der Waals surface area contributed by atoms with Crippen molar-refractivity contribution in [1.29, 1.82) is 0 Å². The molecule has 0 N–H and O–H groups in total. The number of allylic oxidation sites excluding steroid dienone is 2. The first kappa shape index (κ1) is 12.6. The number of benzene rings is 2.